The topological polar surface area (TPSA) is 67.2 Å². The Morgan fingerprint density at radius 3 is 2.64 bits per heavy atom. The highest BCUT2D eigenvalue weighted by atomic mass is 127. The maximum atomic E-state index is 12.6. The molecule has 0 saturated carbocycles. The van der Waals surface area contributed by atoms with Crippen molar-refractivity contribution in [1.29, 1.82) is 0 Å². The number of fused-ring (bicyclic) bond motifs is 2. The second kappa shape index (κ2) is 9.09. The Balaban J connectivity index is 1.32. The van der Waals surface area contributed by atoms with Crippen LogP contribution in [0.25, 0.3) is 33.3 Å². The van der Waals surface area contributed by atoms with Crippen molar-refractivity contribution in [2.24, 2.45) is 0 Å². The Labute approximate surface area is 213 Å². The van der Waals surface area contributed by atoms with E-state index >= 15 is 0 Å². The summed E-state index contributed by atoms with van der Waals surface area (Å²) in [7, 11) is 0. The molecule has 1 amide bonds. The fourth-order valence-electron chi connectivity index (χ4n) is 3.45. The van der Waals surface area contributed by atoms with E-state index in [9.17, 15) is 4.79 Å². The molecule has 0 aliphatic carbocycles. The minimum absolute atomic E-state index is 0.192. The summed E-state index contributed by atoms with van der Waals surface area (Å²) < 4.78 is 6.91. The molecule has 33 heavy (non-hydrogen) atoms. The lowest BCUT2D eigenvalue weighted by Crippen LogP contribution is -2.34. The van der Waals surface area contributed by atoms with Crippen LogP contribution in [0, 0.1) is 3.57 Å². The zero-order valence-corrected chi connectivity index (χ0v) is 20.7. The maximum Gasteiger partial charge on any atom is 0.257 e. The van der Waals surface area contributed by atoms with Crippen molar-refractivity contribution < 1.29 is 9.21 Å². The molecule has 1 aromatic heterocycles. The largest absolute Gasteiger partial charge is 0.436 e. The standard InChI is InChI=1S/C25H15ClIN3O2S/c26-20-9-7-17(27)12-19(20)24-29-21-13-18(8-10-22(21)32-24)28-25(33)30-23(31)16-6-5-14-3-1-2-4-15(14)11-16/h1-13H,(H2,28,30,31,33). The van der Waals surface area contributed by atoms with Crippen LogP contribution >= 0.6 is 46.4 Å². The fraction of sp³-hybridized carbons (Fsp3) is 0. The van der Waals surface area contributed by atoms with Crippen molar-refractivity contribution in [1.82, 2.24) is 10.3 Å². The van der Waals surface area contributed by atoms with Gasteiger partial charge >= 0.3 is 0 Å². The third-order valence-electron chi connectivity index (χ3n) is 5.04. The molecular weight excluding hydrogens is 569 g/mol. The van der Waals surface area contributed by atoms with Gasteiger partial charge < -0.3 is 9.73 Å². The van der Waals surface area contributed by atoms with E-state index in [4.69, 9.17) is 28.2 Å². The molecule has 1 heterocycles. The van der Waals surface area contributed by atoms with Gasteiger partial charge in [0.1, 0.15) is 5.52 Å². The van der Waals surface area contributed by atoms with Gasteiger partial charge in [-0.05, 0) is 94.1 Å². The van der Waals surface area contributed by atoms with Crippen LogP contribution in [-0.2, 0) is 0 Å². The van der Waals surface area contributed by atoms with Gasteiger partial charge in [-0.3, -0.25) is 10.1 Å². The Hall–Kier alpha value is -3.01. The molecule has 0 fully saturated rings. The van der Waals surface area contributed by atoms with Gasteiger partial charge in [0.25, 0.3) is 5.91 Å². The number of hydrogen-bond acceptors (Lipinski definition) is 4. The number of carbonyl (C=O) groups excluding carboxylic acids is 1. The van der Waals surface area contributed by atoms with E-state index in [1.54, 1.807) is 18.2 Å². The van der Waals surface area contributed by atoms with Gasteiger partial charge in [-0.2, -0.15) is 0 Å². The van der Waals surface area contributed by atoms with Crippen molar-refractivity contribution >= 4 is 85.0 Å². The molecule has 5 rings (SSSR count). The molecule has 4 aromatic carbocycles. The van der Waals surface area contributed by atoms with Gasteiger partial charge in [-0.25, -0.2) is 4.98 Å². The van der Waals surface area contributed by atoms with Crippen LogP contribution in [0.1, 0.15) is 10.4 Å². The number of nitrogens with zero attached hydrogens (tertiary/aromatic N) is 1. The first-order valence-electron chi connectivity index (χ1n) is 9.93. The summed E-state index contributed by atoms with van der Waals surface area (Å²) in [5.74, 6) is 0.161. The summed E-state index contributed by atoms with van der Waals surface area (Å²) in [6, 6.07) is 24.5. The smallest absolute Gasteiger partial charge is 0.257 e. The molecule has 8 heteroatoms. The molecule has 2 N–H and O–H groups in total. The number of carbonyl (C=O) groups is 1. The first-order valence-corrected chi connectivity index (χ1v) is 11.8. The normalized spacial score (nSPS) is 11.0. The van der Waals surface area contributed by atoms with Gasteiger partial charge in [0.15, 0.2) is 10.7 Å². The quantitative estimate of drug-likeness (QED) is 0.176. The number of oxazole rings is 1. The molecule has 0 saturated heterocycles. The summed E-state index contributed by atoms with van der Waals surface area (Å²) >= 11 is 13.9. The van der Waals surface area contributed by atoms with Gasteiger partial charge in [0.05, 0.1) is 10.6 Å². The number of amides is 1. The van der Waals surface area contributed by atoms with Crippen molar-refractivity contribution in [3.05, 3.63) is 93.0 Å². The Kier molecular flexibility index (Phi) is 6.01. The minimum atomic E-state index is -0.281. The van der Waals surface area contributed by atoms with Gasteiger partial charge in [0, 0.05) is 14.8 Å². The van der Waals surface area contributed by atoms with Gasteiger partial charge in [-0.1, -0.05) is 41.9 Å². The third-order valence-corrected chi connectivity index (χ3v) is 6.25. The van der Waals surface area contributed by atoms with E-state index in [1.807, 2.05) is 60.7 Å². The van der Waals surface area contributed by atoms with Crippen LogP contribution in [0.3, 0.4) is 0 Å². The van der Waals surface area contributed by atoms with E-state index in [0.717, 1.165) is 19.9 Å². The summed E-state index contributed by atoms with van der Waals surface area (Å²) in [6.07, 6.45) is 0. The molecule has 0 aliphatic rings. The van der Waals surface area contributed by atoms with Crippen LogP contribution in [0.4, 0.5) is 5.69 Å². The predicted octanol–water partition coefficient (Wildman–Crippen LogP) is 7.03. The first-order chi connectivity index (χ1) is 16.0. The highest BCUT2D eigenvalue weighted by Gasteiger charge is 2.14. The van der Waals surface area contributed by atoms with E-state index in [0.29, 0.717) is 33.3 Å². The average Bonchev–Trinajstić information content (AvgIpc) is 3.23. The summed E-state index contributed by atoms with van der Waals surface area (Å²) in [5, 5.41) is 8.57. The van der Waals surface area contributed by atoms with E-state index in [-0.39, 0.29) is 11.0 Å². The van der Waals surface area contributed by atoms with Crippen LogP contribution in [0.5, 0.6) is 0 Å². The predicted molar refractivity (Wildman–Crippen MR) is 145 cm³/mol. The summed E-state index contributed by atoms with van der Waals surface area (Å²) in [6.45, 7) is 0. The lowest BCUT2D eigenvalue weighted by atomic mass is 10.1. The fourth-order valence-corrected chi connectivity index (χ4v) is 4.35. The van der Waals surface area contributed by atoms with Crippen molar-refractivity contribution in [3.8, 4) is 11.5 Å². The number of aromatic nitrogens is 1. The van der Waals surface area contributed by atoms with Crippen molar-refractivity contribution in [2.45, 2.75) is 0 Å². The van der Waals surface area contributed by atoms with Crippen LogP contribution < -0.4 is 10.6 Å². The van der Waals surface area contributed by atoms with Crippen molar-refractivity contribution in [3.63, 3.8) is 0 Å². The molecule has 0 unspecified atom stereocenters. The van der Waals surface area contributed by atoms with E-state index < -0.39 is 0 Å². The number of nitrogens with one attached hydrogen (secondary N) is 2. The minimum Gasteiger partial charge on any atom is -0.436 e. The van der Waals surface area contributed by atoms with E-state index in [1.165, 1.54) is 0 Å². The summed E-state index contributed by atoms with van der Waals surface area (Å²) in [4.78, 5) is 17.2. The first kappa shape index (κ1) is 21.8. The second-order valence-corrected chi connectivity index (χ2v) is 9.36. The number of hydrogen-bond donors (Lipinski definition) is 2. The number of thiocarbonyl (C=S) groups is 1. The Morgan fingerprint density at radius 2 is 1.79 bits per heavy atom. The average molecular weight is 584 g/mol. The third kappa shape index (κ3) is 4.71. The Morgan fingerprint density at radius 1 is 0.970 bits per heavy atom. The Bertz CT molecular complexity index is 1550. The SMILES string of the molecule is O=C(NC(=S)Nc1ccc2oc(-c3cc(I)ccc3Cl)nc2c1)c1ccc2ccccc2c1. The van der Waals surface area contributed by atoms with Crippen LogP contribution in [-0.4, -0.2) is 16.0 Å². The number of benzene rings is 4. The zero-order valence-electron chi connectivity index (χ0n) is 16.9. The van der Waals surface area contributed by atoms with Crippen LogP contribution in [0.2, 0.25) is 5.02 Å². The van der Waals surface area contributed by atoms with Crippen LogP contribution in [0.15, 0.2) is 83.3 Å². The molecule has 0 spiro atoms. The highest BCUT2D eigenvalue weighted by molar-refractivity contribution is 14.1. The monoisotopic (exact) mass is 583 g/mol. The summed E-state index contributed by atoms with van der Waals surface area (Å²) in [5.41, 5.74) is 3.21. The number of anilines is 1. The van der Waals surface area contributed by atoms with Gasteiger partial charge in [0.2, 0.25) is 5.89 Å². The maximum absolute atomic E-state index is 12.6. The molecule has 0 radical (unpaired) electrons. The van der Waals surface area contributed by atoms with Crippen molar-refractivity contribution in [2.75, 3.05) is 5.32 Å². The lowest BCUT2D eigenvalue weighted by molar-refractivity contribution is 0.0978. The highest BCUT2D eigenvalue weighted by Crippen LogP contribution is 2.32. The number of halogens is 2. The molecule has 0 aliphatic heterocycles. The molecular formula is C25H15ClIN3O2S. The number of rotatable bonds is 3. The zero-order chi connectivity index (χ0) is 22.9. The molecule has 0 atom stereocenters. The lowest BCUT2D eigenvalue weighted by Gasteiger charge is -2.10. The molecule has 0 bridgehead atoms. The molecule has 5 nitrogen and oxygen atoms in total. The molecule has 162 valence electrons. The second-order valence-electron chi connectivity index (χ2n) is 7.30. The molecule has 5 aromatic rings. The van der Waals surface area contributed by atoms with E-state index in [2.05, 4.69) is 38.2 Å². The van der Waals surface area contributed by atoms with Gasteiger partial charge in [-0.15, -0.1) is 0 Å².